The van der Waals surface area contributed by atoms with Gasteiger partial charge in [0, 0.05) is 23.4 Å². The van der Waals surface area contributed by atoms with Crippen LogP contribution in [0, 0.1) is 18.8 Å². The lowest BCUT2D eigenvalue weighted by Crippen LogP contribution is -2.51. The normalized spacial score (nSPS) is 19.0. The number of hydrazine groups is 1. The number of carbonyl (C=O) groups excluding carboxylic acids is 2. The first-order valence-corrected chi connectivity index (χ1v) is 11.0. The number of urea groups is 1. The Balaban J connectivity index is 1.48. The predicted molar refractivity (Wildman–Crippen MR) is 120 cm³/mol. The molecule has 1 unspecified atom stereocenters. The molecular formula is C24H31FN4O3. The summed E-state index contributed by atoms with van der Waals surface area (Å²) in [5.41, 5.74) is 6.94. The van der Waals surface area contributed by atoms with Crippen LogP contribution in [0.5, 0.6) is 5.75 Å². The van der Waals surface area contributed by atoms with E-state index in [0.717, 1.165) is 37.7 Å². The molecule has 1 saturated carbocycles. The summed E-state index contributed by atoms with van der Waals surface area (Å²) in [6.45, 7) is 3.82. The molecule has 3 amide bonds. The van der Waals surface area contributed by atoms with E-state index >= 15 is 0 Å². The fraction of sp³-hybridized carbons (Fsp3) is 0.458. The molecule has 1 heterocycles. The zero-order chi connectivity index (χ0) is 23.1. The molecule has 0 bridgehead atoms. The number of methoxy groups -OCH3 is 1. The summed E-state index contributed by atoms with van der Waals surface area (Å²) in [5, 5.41) is 2.98. The van der Waals surface area contributed by atoms with Gasteiger partial charge in [-0.05, 0) is 86.8 Å². The molecule has 1 aliphatic rings. The molecule has 0 saturated heterocycles. The average Bonchev–Trinajstić information content (AvgIpc) is 2.83. The molecule has 2 aromatic rings. The number of carbonyl (C=O) groups is 2. The van der Waals surface area contributed by atoms with E-state index in [1.165, 1.54) is 6.20 Å². The number of ether oxygens (including phenoxy) is 1. The van der Waals surface area contributed by atoms with Crippen LogP contribution in [0.3, 0.4) is 0 Å². The van der Waals surface area contributed by atoms with Crippen molar-refractivity contribution in [2.24, 2.45) is 5.92 Å². The van der Waals surface area contributed by atoms with Gasteiger partial charge in [-0.1, -0.05) is 6.92 Å². The van der Waals surface area contributed by atoms with Crippen LogP contribution in [0.4, 0.5) is 9.18 Å². The quantitative estimate of drug-likeness (QED) is 0.461. The van der Waals surface area contributed by atoms with Gasteiger partial charge < -0.3 is 10.1 Å². The van der Waals surface area contributed by atoms with E-state index in [9.17, 15) is 14.0 Å². The molecule has 8 heteroatoms. The lowest BCUT2D eigenvalue weighted by molar-refractivity contribution is 0.0935. The maximum absolute atomic E-state index is 13.8. The second kappa shape index (κ2) is 10.9. The van der Waals surface area contributed by atoms with Gasteiger partial charge in [-0.3, -0.25) is 10.2 Å². The van der Waals surface area contributed by atoms with Crippen LogP contribution in [-0.4, -0.2) is 30.1 Å². The summed E-state index contributed by atoms with van der Waals surface area (Å²) in [5.74, 6) is 0.504. The monoisotopic (exact) mass is 442 g/mol. The van der Waals surface area contributed by atoms with E-state index in [1.54, 1.807) is 38.3 Å². The average molecular weight is 443 g/mol. The highest BCUT2D eigenvalue weighted by atomic mass is 19.1. The summed E-state index contributed by atoms with van der Waals surface area (Å²) in [6, 6.07) is 8.09. The minimum Gasteiger partial charge on any atom is -0.497 e. The number of halogens is 1. The lowest BCUT2D eigenvalue weighted by Gasteiger charge is -2.34. The Kier molecular flexibility index (Phi) is 8.03. The Labute approximate surface area is 188 Å². The molecule has 0 spiro atoms. The number of hydrogen-bond acceptors (Lipinski definition) is 4. The third-order valence-electron chi connectivity index (χ3n) is 6.36. The maximum atomic E-state index is 13.8. The zero-order valence-electron chi connectivity index (χ0n) is 18.8. The third kappa shape index (κ3) is 5.75. The number of nitrogens with zero attached hydrogens (tertiary/aromatic N) is 1. The van der Waals surface area contributed by atoms with E-state index in [4.69, 9.17) is 4.74 Å². The van der Waals surface area contributed by atoms with Crippen molar-refractivity contribution in [3.05, 3.63) is 59.2 Å². The predicted octanol–water partition coefficient (Wildman–Crippen LogP) is 4.23. The molecule has 1 aliphatic carbocycles. The Hall–Kier alpha value is -3.16. The molecule has 0 aliphatic heterocycles. The van der Waals surface area contributed by atoms with Gasteiger partial charge in [0.15, 0.2) is 0 Å². The second-order valence-electron chi connectivity index (χ2n) is 8.22. The molecule has 1 fully saturated rings. The molecule has 1 aromatic heterocycles. The summed E-state index contributed by atoms with van der Waals surface area (Å²) < 4.78 is 18.9. The molecule has 1 atom stereocenters. The van der Waals surface area contributed by atoms with Gasteiger partial charge in [-0.2, -0.15) is 4.39 Å². The van der Waals surface area contributed by atoms with Crippen LogP contribution in [0.2, 0.25) is 0 Å². The summed E-state index contributed by atoms with van der Waals surface area (Å²) in [4.78, 5) is 28.3. The van der Waals surface area contributed by atoms with Crippen molar-refractivity contribution in [2.45, 2.75) is 57.9 Å². The third-order valence-corrected chi connectivity index (χ3v) is 6.36. The number of pyridine rings is 1. The number of rotatable bonds is 6. The van der Waals surface area contributed by atoms with Crippen LogP contribution in [-0.2, 0) is 0 Å². The van der Waals surface area contributed by atoms with E-state index < -0.39 is 17.9 Å². The van der Waals surface area contributed by atoms with Gasteiger partial charge in [0.25, 0.3) is 5.91 Å². The van der Waals surface area contributed by atoms with Crippen molar-refractivity contribution in [1.82, 2.24) is 21.2 Å². The molecule has 7 nitrogen and oxygen atoms in total. The molecule has 172 valence electrons. The molecule has 3 N–H and O–H groups in total. The fourth-order valence-corrected chi connectivity index (χ4v) is 4.48. The largest absolute Gasteiger partial charge is 0.497 e. The SMILES string of the molecule is CCC(NC(=O)NNC(=O)c1ccc(OC)cc1)C1CCC(c2ccnc(F)c2C)CC1. The molecule has 32 heavy (non-hydrogen) atoms. The van der Waals surface area contributed by atoms with Crippen molar-refractivity contribution in [3.63, 3.8) is 0 Å². The first kappa shape index (κ1) is 23.5. The standard InChI is InChI=1S/C24H31FN4O3/c1-4-21(17-7-5-16(6-8-17)20-13-14-26-22(25)15(20)2)27-24(31)29-28-23(30)18-9-11-19(32-3)12-10-18/h9-14,16-17,21H,4-8H2,1-3H3,(H,28,30)(H2,27,29,31). The van der Waals surface area contributed by atoms with Crippen molar-refractivity contribution >= 4 is 11.9 Å². The summed E-state index contributed by atoms with van der Waals surface area (Å²) in [7, 11) is 1.55. The number of hydrogen-bond donors (Lipinski definition) is 3. The maximum Gasteiger partial charge on any atom is 0.333 e. The number of aromatic nitrogens is 1. The van der Waals surface area contributed by atoms with E-state index in [1.807, 2.05) is 13.0 Å². The van der Waals surface area contributed by atoms with Crippen molar-refractivity contribution < 1.29 is 18.7 Å². The molecule has 0 radical (unpaired) electrons. The van der Waals surface area contributed by atoms with Crippen LogP contribution >= 0.6 is 0 Å². The summed E-state index contributed by atoms with van der Waals surface area (Å²) >= 11 is 0. The smallest absolute Gasteiger partial charge is 0.333 e. The molecular weight excluding hydrogens is 411 g/mol. The first-order valence-electron chi connectivity index (χ1n) is 11.0. The van der Waals surface area contributed by atoms with Crippen LogP contribution in [0.25, 0.3) is 0 Å². The van der Waals surface area contributed by atoms with Gasteiger partial charge in [0.2, 0.25) is 5.95 Å². The minimum absolute atomic E-state index is 0.00381. The van der Waals surface area contributed by atoms with E-state index in [0.29, 0.717) is 28.7 Å². The minimum atomic E-state index is -0.437. The molecule has 1 aromatic carbocycles. The van der Waals surface area contributed by atoms with Gasteiger partial charge in [-0.25, -0.2) is 15.2 Å². The Morgan fingerprint density at radius 3 is 2.44 bits per heavy atom. The number of amides is 3. The summed E-state index contributed by atoms with van der Waals surface area (Å²) in [6.07, 6.45) is 6.12. The Morgan fingerprint density at radius 2 is 1.81 bits per heavy atom. The Morgan fingerprint density at radius 1 is 1.12 bits per heavy atom. The van der Waals surface area contributed by atoms with Crippen molar-refractivity contribution in [3.8, 4) is 5.75 Å². The van der Waals surface area contributed by atoms with Gasteiger partial charge in [-0.15, -0.1) is 0 Å². The second-order valence-corrected chi connectivity index (χ2v) is 8.22. The highest BCUT2D eigenvalue weighted by Gasteiger charge is 2.29. The molecule has 3 rings (SSSR count). The van der Waals surface area contributed by atoms with Crippen molar-refractivity contribution in [1.29, 1.82) is 0 Å². The fourth-order valence-electron chi connectivity index (χ4n) is 4.48. The van der Waals surface area contributed by atoms with Gasteiger partial charge in [0.05, 0.1) is 7.11 Å². The lowest BCUT2D eigenvalue weighted by atomic mass is 9.75. The van der Waals surface area contributed by atoms with E-state index in [2.05, 4.69) is 21.2 Å². The highest BCUT2D eigenvalue weighted by Crippen LogP contribution is 2.38. The first-order chi connectivity index (χ1) is 15.4. The number of nitrogens with one attached hydrogen (secondary N) is 3. The topological polar surface area (TPSA) is 92.4 Å². The number of benzene rings is 1. The zero-order valence-corrected chi connectivity index (χ0v) is 18.8. The Bertz CT molecular complexity index is 927. The van der Waals surface area contributed by atoms with Crippen LogP contribution < -0.4 is 20.9 Å². The highest BCUT2D eigenvalue weighted by molar-refractivity contribution is 5.95. The van der Waals surface area contributed by atoms with Crippen molar-refractivity contribution in [2.75, 3.05) is 7.11 Å². The van der Waals surface area contributed by atoms with Crippen LogP contribution in [0.15, 0.2) is 36.5 Å². The van der Waals surface area contributed by atoms with Gasteiger partial charge >= 0.3 is 6.03 Å². The van der Waals surface area contributed by atoms with Gasteiger partial charge in [0.1, 0.15) is 5.75 Å². The van der Waals surface area contributed by atoms with Crippen LogP contribution in [0.1, 0.15) is 66.4 Å². The van der Waals surface area contributed by atoms with E-state index in [-0.39, 0.29) is 6.04 Å².